The number of hydrogen-bond acceptors (Lipinski definition) is 6. The van der Waals surface area contributed by atoms with Gasteiger partial charge in [0.25, 0.3) is 0 Å². The number of nitrogens with zero attached hydrogens (tertiary/aromatic N) is 2. The molecule has 0 aliphatic carbocycles. The number of anilines is 2. The number of aromatic nitrogens is 2. The molecule has 7 heteroatoms. The minimum atomic E-state index is -0.442. The maximum absolute atomic E-state index is 12.1. The number of aryl methyl sites for hydroxylation is 2. The predicted molar refractivity (Wildman–Crippen MR) is 81.7 cm³/mol. The quantitative estimate of drug-likeness (QED) is 0.769. The minimum Gasteiger partial charge on any atom is -0.441 e. The Labute approximate surface area is 126 Å². The van der Waals surface area contributed by atoms with Gasteiger partial charge in [-0.05, 0) is 32.0 Å². The first-order valence-corrected chi connectivity index (χ1v) is 6.89. The zero-order valence-electron chi connectivity index (χ0n) is 12.5. The van der Waals surface area contributed by atoms with E-state index >= 15 is 0 Å². The van der Waals surface area contributed by atoms with E-state index in [9.17, 15) is 4.79 Å². The van der Waals surface area contributed by atoms with E-state index in [0.29, 0.717) is 17.5 Å². The third kappa shape index (κ3) is 2.93. The topological polar surface area (TPSA) is 93.2 Å². The molecule has 7 nitrogen and oxygen atoms in total. The van der Waals surface area contributed by atoms with Gasteiger partial charge in [-0.3, -0.25) is 4.79 Å². The number of carbonyl (C=O) groups excluding carboxylic acids is 1. The number of rotatable bonds is 4. The second-order valence-electron chi connectivity index (χ2n) is 5.09. The molecule has 2 N–H and O–H groups in total. The van der Waals surface area contributed by atoms with Crippen molar-refractivity contribution >= 4 is 28.5 Å². The van der Waals surface area contributed by atoms with Gasteiger partial charge in [-0.25, -0.2) is 4.98 Å². The summed E-state index contributed by atoms with van der Waals surface area (Å²) < 4.78 is 10.3. The van der Waals surface area contributed by atoms with Gasteiger partial charge in [0.15, 0.2) is 17.3 Å². The van der Waals surface area contributed by atoms with E-state index in [4.69, 9.17) is 8.94 Å². The highest BCUT2D eigenvalue weighted by atomic mass is 16.5. The Morgan fingerprint density at radius 2 is 2.09 bits per heavy atom. The van der Waals surface area contributed by atoms with Gasteiger partial charge >= 0.3 is 0 Å². The first kappa shape index (κ1) is 14.1. The summed E-state index contributed by atoms with van der Waals surface area (Å²) in [5.74, 6) is 1.45. The number of hydrogen-bond donors (Lipinski definition) is 2. The van der Waals surface area contributed by atoms with Crippen LogP contribution in [0.1, 0.15) is 18.6 Å². The first-order chi connectivity index (χ1) is 10.5. The lowest BCUT2D eigenvalue weighted by Gasteiger charge is -2.13. The van der Waals surface area contributed by atoms with Crippen molar-refractivity contribution < 1.29 is 13.7 Å². The predicted octanol–water partition coefficient (Wildman–Crippen LogP) is 2.87. The first-order valence-electron chi connectivity index (χ1n) is 6.89. The largest absolute Gasteiger partial charge is 0.441 e. The van der Waals surface area contributed by atoms with Crippen molar-refractivity contribution in [2.45, 2.75) is 26.8 Å². The molecule has 2 aromatic heterocycles. The normalized spacial score (nSPS) is 12.3. The van der Waals surface area contributed by atoms with Gasteiger partial charge in [0.1, 0.15) is 17.3 Å². The van der Waals surface area contributed by atoms with Crippen LogP contribution < -0.4 is 10.6 Å². The summed E-state index contributed by atoms with van der Waals surface area (Å²) in [7, 11) is 0. The van der Waals surface area contributed by atoms with Crippen molar-refractivity contribution in [1.29, 1.82) is 0 Å². The molecule has 1 amide bonds. The maximum Gasteiger partial charge on any atom is 0.247 e. The van der Waals surface area contributed by atoms with E-state index in [1.165, 1.54) is 0 Å². The van der Waals surface area contributed by atoms with Crippen LogP contribution in [0.5, 0.6) is 0 Å². The lowest BCUT2D eigenvalue weighted by atomic mass is 10.2. The molecule has 22 heavy (non-hydrogen) atoms. The molecular weight excluding hydrogens is 284 g/mol. The fourth-order valence-electron chi connectivity index (χ4n) is 2.11. The molecule has 0 bridgehead atoms. The third-order valence-corrected chi connectivity index (χ3v) is 3.15. The molecule has 1 atom stereocenters. The molecule has 0 aliphatic rings. The molecule has 3 aromatic rings. The molecular formula is C15H16N4O3. The van der Waals surface area contributed by atoms with E-state index in [-0.39, 0.29) is 5.91 Å². The Kier molecular flexibility index (Phi) is 3.54. The van der Waals surface area contributed by atoms with Crippen molar-refractivity contribution in [2.24, 2.45) is 0 Å². The van der Waals surface area contributed by atoms with Crippen LogP contribution in [0, 0.1) is 13.8 Å². The van der Waals surface area contributed by atoms with Crippen LogP contribution in [-0.2, 0) is 4.79 Å². The highest BCUT2D eigenvalue weighted by Gasteiger charge is 2.15. The molecule has 114 valence electrons. The Morgan fingerprint density at radius 3 is 2.82 bits per heavy atom. The molecule has 3 rings (SSSR count). The summed E-state index contributed by atoms with van der Waals surface area (Å²) in [6, 6.07) is 6.73. The standard InChI is InChI=1S/C15H16N4O3/c1-8-6-14(19-22-8)18-15(20)9(2)16-11-4-5-13-12(7-11)17-10(3)21-13/h4-7,9,16H,1-3H3,(H,18,19,20). The van der Waals surface area contributed by atoms with E-state index < -0.39 is 6.04 Å². The Morgan fingerprint density at radius 1 is 1.27 bits per heavy atom. The maximum atomic E-state index is 12.1. The average Bonchev–Trinajstić information content (AvgIpc) is 3.03. The number of fused-ring (bicyclic) bond motifs is 1. The van der Waals surface area contributed by atoms with Gasteiger partial charge in [-0.15, -0.1) is 0 Å². The van der Waals surface area contributed by atoms with Gasteiger partial charge in [0, 0.05) is 18.7 Å². The second-order valence-corrected chi connectivity index (χ2v) is 5.09. The Balaban J connectivity index is 1.68. The lowest BCUT2D eigenvalue weighted by Crippen LogP contribution is -2.31. The van der Waals surface area contributed by atoms with Crippen molar-refractivity contribution in [2.75, 3.05) is 10.6 Å². The van der Waals surface area contributed by atoms with Crippen molar-refractivity contribution in [3.8, 4) is 0 Å². The summed E-state index contributed by atoms with van der Waals surface area (Å²) in [5.41, 5.74) is 2.26. The molecule has 1 aromatic carbocycles. The van der Waals surface area contributed by atoms with Crippen molar-refractivity contribution in [3.05, 3.63) is 35.9 Å². The van der Waals surface area contributed by atoms with Gasteiger partial charge in [-0.1, -0.05) is 5.16 Å². The van der Waals surface area contributed by atoms with E-state index in [1.54, 1.807) is 26.8 Å². The van der Waals surface area contributed by atoms with Crippen LogP contribution >= 0.6 is 0 Å². The van der Waals surface area contributed by atoms with Crippen LogP contribution in [-0.4, -0.2) is 22.1 Å². The van der Waals surface area contributed by atoms with Crippen molar-refractivity contribution in [1.82, 2.24) is 10.1 Å². The number of benzene rings is 1. The minimum absolute atomic E-state index is 0.204. The highest BCUT2D eigenvalue weighted by molar-refractivity contribution is 5.95. The SMILES string of the molecule is Cc1cc(NC(=O)C(C)Nc2ccc3oc(C)nc3c2)no1. The summed E-state index contributed by atoms with van der Waals surface area (Å²) in [5, 5.41) is 9.53. The van der Waals surface area contributed by atoms with Crippen LogP contribution in [0.15, 0.2) is 33.2 Å². The van der Waals surface area contributed by atoms with Gasteiger partial charge < -0.3 is 19.6 Å². The second kappa shape index (κ2) is 5.51. The van der Waals surface area contributed by atoms with E-state index in [0.717, 1.165) is 16.8 Å². The lowest BCUT2D eigenvalue weighted by molar-refractivity contribution is -0.116. The Bertz CT molecular complexity index is 821. The molecule has 0 fully saturated rings. The van der Waals surface area contributed by atoms with Crippen LogP contribution in [0.2, 0.25) is 0 Å². The van der Waals surface area contributed by atoms with Crippen LogP contribution in [0.3, 0.4) is 0 Å². The number of nitrogens with one attached hydrogen (secondary N) is 2. The fraction of sp³-hybridized carbons (Fsp3) is 0.267. The summed E-state index contributed by atoms with van der Waals surface area (Å²) in [4.78, 5) is 16.4. The fourth-order valence-corrected chi connectivity index (χ4v) is 2.11. The average molecular weight is 300 g/mol. The van der Waals surface area contributed by atoms with E-state index in [1.807, 2.05) is 18.2 Å². The number of oxazole rings is 1. The number of carbonyl (C=O) groups is 1. The molecule has 0 spiro atoms. The molecule has 0 saturated carbocycles. The van der Waals surface area contributed by atoms with Gasteiger partial charge in [-0.2, -0.15) is 0 Å². The molecule has 0 aliphatic heterocycles. The van der Waals surface area contributed by atoms with Gasteiger partial charge in [0.05, 0.1) is 0 Å². The molecule has 2 heterocycles. The Hall–Kier alpha value is -2.83. The zero-order valence-corrected chi connectivity index (χ0v) is 12.5. The zero-order chi connectivity index (χ0) is 15.7. The molecule has 1 unspecified atom stereocenters. The summed E-state index contributed by atoms with van der Waals surface area (Å²) in [6.07, 6.45) is 0. The molecule has 0 radical (unpaired) electrons. The van der Waals surface area contributed by atoms with Crippen LogP contribution in [0.4, 0.5) is 11.5 Å². The monoisotopic (exact) mass is 300 g/mol. The smallest absolute Gasteiger partial charge is 0.247 e. The van der Waals surface area contributed by atoms with E-state index in [2.05, 4.69) is 20.8 Å². The molecule has 0 saturated heterocycles. The van der Waals surface area contributed by atoms with Crippen molar-refractivity contribution in [3.63, 3.8) is 0 Å². The third-order valence-electron chi connectivity index (χ3n) is 3.15. The van der Waals surface area contributed by atoms with Gasteiger partial charge in [0.2, 0.25) is 5.91 Å². The summed E-state index contributed by atoms with van der Waals surface area (Å²) >= 11 is 0. The number of amides is 1. The summed E-state index contributed by atoms with van der Waals surface area (Å²) in [6.45, 7) is 5.32. The van der Waals surface area contributed by atoms with Crippen LogP contribution in [0.25, 0.3) is 11.1 Å². The highest BCUT2D eigenvalue weighted by Crippen LogP contribution is 2.20.